The lowest BCUT2D eigenvalue weighted by Crippen LogP contribution is -2.19. The van der Waals surface area contributed by atoms with E-state index >= 15 is 0 Å². The summed E-state index contributed by atoms with van der Waals surface area (Å²) in [7, 11) is 0. The molecule has 0 radical (unpaired) electrons. The fraction of sp³-hybridized carbons (Fsp3) is 0.294. The maximum atomic E-state index is 5.62. The molecule has 0 aliphatic heterocycles. The maximum Gasteiger partial charge on any atom is 0.338 e. The molecule has 25 heavy (non-hydrogen) atoms. The van der Waals surface area contributed by atoms with E-state index in [-0.39, 0.29) is 5.41 Å². The number of halogens is 6. The number of hydrogen-bond donors (Lipinski definition) is 0. The molecule has 0 saturated heterocycles. The highest BCUT2D eigenvalue weighted by Gasteiger charge is 2.26. The van der Waals surface area contributed by atoms with Crippen molar-refractivity contribution >= 4 is 69.6 Å². The van der Waals surface area contributed by atoms with Crippen molar-refractivity contribution in [1.82, 2.24) is 0 Å². The Balaban J connectivity index is 2.20. The molecular formula is C17H14Cl6O2. The van der Waals surface area contributed by atoms with E-state index in [0.717, 1.165) is 11.1 Å². The van der Waals surface area contributed by atoms with Crippen molar-refractivity contribution in [2.75, 3.05) is 0 Å². The number of rotatable bonds is 4. The van der Waals surface area contributed by atoms with Crippen LogP contribution in [0.2, 0.25) is 0 Å². The molecule has 0 spiro atoms. The van der Waals surface area contributed by atoms with E-state index in [1.165, 1.54) is 0 Å². The number of benzene rings is 2. The molecule has 0 saturated carbocycles. The van der Waals surface area contributed by atoms with Crippen LogP contribution in [-0.2, 0) is 5.41 Å². The second kappa shape index (κ2) is 7.80. The average molecular weight is 463 g/mol. The topological polar surface area (TPSA) is 18.5 Å². The smallest absolute Gasteiger partial charge is 0.338 e. The van der Waals surface area contributed by atoms with Crippen molar-refractivity contribution in [3.8, 4) is 11.5 Å². The van der Waals surface area contributed by atoms with E-state index in [4.69, 9.17) is 79.1 Å². The highest BCUT2D eigenvalue weighted by molar-refractivity contribution is 6.66. The zero-order valence-corrected chi connectivity index (χ0v) is 17.7. The quantitative estimate of drug-likeness (QED) is 0.440. The summed E-state index contributed by atoms with van der Waals surface area (Å²) in [5.41, 5.74) is 1.83. The lowest BCUT2D eigenvalue weighted by molar-refractivity contribution is 0.320. The van der Waals surface area contributed by atoms with Crippen molar-refractivity contribution < 1.29 is 9.47 Å². The minimum atomic E-state index is -1.80. The molecule has 0 N–H and O–H groups in total. The summed E-state index contributed by atoms with van der Waals surface area (Å²) in [6.45, 7) is 4.17. The van der Waals surface area contributed by atoms with Crippen LogP contribution in [0.15, 0.2) is 48.5 Å². The monoisotopic (exact) mass is 460 g/mol. The average Bonchev–Trinajstić information content (AvgIpc) is 2.45. The van der Waals surface area contributed by atoms with E-state index in [2.05, 4.69) is 13.8 Å². The van der Waals surface area contributed by atoms with Crippen LogP contribution in [0.5, 0.6) is 11.5 Å². The SMILES string of the molecule is CC(C)(c1ccc(OC(Cl)(Cl)Cl)cc1)c1ccc(OC(Cl)(Cl)Cl)cc1. The lowest BCUT2D eigenvalue weighted by Gasteiger charge is -2.27. The van der Waals surface area contributed by atoms with E-state index < -0.39 is 7.96 Å². The molecule has 136 valence electrons. The molecule has 0 atom stereocenters. The van der Waals surface area contributed by atoms with Gasteiger partial charge in [0.1, 0.15) is 11.5 Å². The maximum absolute atomic E-state index is 5.62. The van der Waals surface area contributed by atoms with Gasteiger partial charge in [-0.3, -0.25) is 0 Å². The highest BCUT2D eigenvalue weighted by atomic mass is 35.6. The molecular weight excluding hydrogens is 449 g/mol. The standard InChI is InChI=1S/C17H14Cl6O2/c1-15(2,11-3-7-13(8-4-11)24-16(18,19)20)12-5-9-14(10-6-12)25-17(21,22)23/h3-10H,1-2H3. The molecule has 2 aromatic rings. The summed E-state index contributed by atoms with van der Waals surface area (Å²) in [5.74, 6) is 0.928. The zero-order chi connectivity index (χ0) is 18.9. The molecule has 8 heteroatoms. The Morgan fingerprint density at radius 2 is 0.840 bits per heavy atom. The van der Waals surface area contributed by atoms with Crippen molar-refractivity contribution in [1.29, 1.82) is 0 Å². The van der Waals surface area contributed by atoms with Crippen LogP contribution in [0, 0.1) is 0 Å². The van der Waals surface area contributed by atoms with Gasteiger partial charge in [-0.15, -0.1) is 0 Å². The van der Waals surface area contributed by atoms with Crippen LogP contribution in [-0.4, -0.2) is 7.96 Å². The Morgan fingerprint density at radius 1 is 0.560 bits per heavy atom. The minimum Gasteiger partial charge on any atom is -0.446 e. The Bertz CT molecular complexity index is 638. The summed E-state index contributed by atoms with van der Waals surface area (Å²) in [6, 6.07) is 14.7. The molecule has 0 amide bonds. The Hall–Kier alpha value is -0.220. The molecule has 0 unspecified atom stereocenters. The van der Waals surface area contributed by atoms with E-state index in [1.54, 1.807) is 24.3 Å². The molecule has 0 heterocycles. The van der Waals surface area contributed by atoms with Gasteiger partial charge in [0.2, 0.25) is 0 Å². The molecule has 0 aliphatic rings. The molecule has 0 fully saturated rings. The van der Waals surface area contributed by atoms with Crippen molar-refractivity contribution in [3.05, 3.63) is 59.7 Å². The summed E-state index contributed by atoms with van der Waals surface area (Å²) in [4.78, 5) is 0. The first-order valence-corrected chi connectivity index (χ1v) is 9.36. The second-order valence-electron chi connectivity index (χ2n) is 5.77. The third-order valence-corrected chi connectivity index (χ3v) is 4.08. The molecule has 2 aromatic carbocycles. The number of alkyl halides is 6. The first kappa shape index (κ1) is 21.1. The van der Waals surface area contributed by atoms with Crippen LogP contribution >= 0.6 is 69.6 Å². The van der Waals surface area contributed by atoms with Crippen LogP contribution in [0.4, 0.5) is 0 Å². The first-order chi connectivity index (χ1) is 11.4. The van der Waals surface area contributed by atoms with Gasteiger partial charge in [0, 0.05) is 5.41 Å². The zero-order valence-electron chi connectivity index (χ0n) is 13.2. The van der Waals surface area contributed by atoms with Gasteiger partial charge in [0.15, 0.2) is 0 Å². The fourth-order valence-electron chi connectivity index (χ4n) is 2.31. The van der Waals surface area contributed by atoms with Gasteiger partial charge >= 0.3 is 7.96 Å². The number of ether oxygens (including phenoxy) is 2. The highest BCUT2D eigenvalue weighted by Crippen LogP contribution is 2.36. The van der Waals surface area contributed by atoms with Gasteiger partial charge in [-0.2, -0.15) is 0 Å². The normalized spacial score (nSPS) is 12.8. The van der Waals surface area contributed by atoms with Gasteiger partial charge in [-0.05, 0) is 105 Å². The van der Waals surface area contributed by atoms with Gasteiger partial charge in [0.25, 0.3) is 0 Å². The van der Waals surface area contributed by atoms with Gasteiger partial charge in [-0.1, -0.05) is 38.1 Å². The molecule has 2 nitrogen and oxygen atoms in total. The summed E-state index contributed by atoms with van der Waals surface area (Å²) >= 11 is 33.7. The predicted molar refractivity (Wildman–Crippen MR) is 107 cm³/mol. The largest absolute Gasteiger partial charge is 0.446 e. The summed E-state index contributed by atoms with van der Waals surface area (Å²) < 4.78 is 6.77. The molecule has 0 bridgehead atoms. The van der Waals surface area contributed by atoms with E-state index in [1.807, 2.05) is 24.3 Å². The van der Waals surface area contributed by atoms with Crippen molar-refractivity contribution in [2.45, 2.75) is 27.2 Å². The molecule has 0 aromatic heterocycles. The van der Waals surface area contributed by atoms with Crippen molar-refractivity contribution in [2.24, 2.45) is 0 Å². The van der Waals surface area contributed by atoms with Crippen LogP contribution < -0.4 is 9.47 Å². The summed E-state index contributed by atoms with van der Waals surface area (Å²) in [6.07, 6.45) is 0. The Labute approximate surface area is 176 Å². The van der Waals surface area contributed by atoms with Gasteiger partial charge in [-0.25, -0.2) is 0 Å². The minimum absolute atomic E-state index is 0.281. The predicted octanol–water partition coefficient (Wildman–Crippen LogP) is 7.43. The van der Waals surface area contributed by atoms with E-state index in [9.17, 15) is 0 Å². The second-order valence-corrected chi connectivity index (χ2v) is 10.1. The van der Waals surface area contributed by atoms with E-state index in [0.29, 0.717) is 11.5 Å². The van der Waals surface area contributed by atoms with Gasteiger partial charge < -0.3 is 9.47 Å². The summed E-state index contributed by atoms with van der Waals surface area (Å²) in [5, 5.41) is 0. The fourth-order valence-corrected chi connectivity index (χ4v) is 2.85. The van der Waals surface area contributed by atoms with Gasteiger partial charge in [0.05, 0.1) is 0 Å². The Kier molecular flexibility index (Phi) is 6.58. The van der Waals surface area contributed by atoms with Crippen molar-refractivity contribution in [3.63, 3.8) is 0 Å². The first-order valence-electron chi connectivity index (χ1n) is 7.09. The third kappa shape index (κ3) is 6.46. The van der Waals surface area contributed by atoms with Crippen LogP contribution in [0.1, 0.15) is 25.0 Å². The molecule has 2 rings (SSSR count). The van der Waals surface area contributed by atoms with Crippen LogP contribution in [0.25, 0.3) is 0 Å². The number of hydrogen-bond acceptors (Lipinski definition) is 2. The third-order valence-electron chi connectivity index (χ3n) is 3.62. The Morgan fingerprint density at radius 3 is 1.08 bits per heavy atom. The molecule has 0 aliphatic carbocycles. The van der Waals surface area contributed by atoms with Crippen LogP contribution in [0.3, 0.4) is 0 Å². The lowest BCUT2D eigenvalue weighted by atomic mass is 9.78.